The topological polar surface area (TPSA) is 29.9 Å². The molecule has 0 saturated heterocycles. The van der Waals surface area contributed by atoms with E-state index in [2.05, 4.69) is 35.8 Å². The molecule has 3 heterocycles. The third-order valence-corrected chi connectivity index (χ3v) is 7.40. The largest absolute Gasteiger partial charge is 0.454 e. The highest BCUT2D eigenvalue weighted by atomic mass is 19.1. The molecular formula is C30H28FN2O+. The lowest BCUT2D eigenvalue weighted by Crippen LogP contribution is -2.30. The fourth-order valence-electron chi connectivity index (χ4n) is 5.55. The summed E-state index contributed by atoms with van der Waals surface area (Å²) in [4.78, 5) is 4.71. The molecule has 0 amide bonds. The van der Waals surface area contributed by atoms with Crippen LogP contribution in [0.3, 0.4) is 0 Å². The number of hydrogen-bond acceptors (Lipinski definition) is 2. The summed E-state index contributed by atoms with van der Waals surface area (Å²) in [5.41, 5.74) is 6.85. The molecule has 3 nitrogen and oxygen atoms in total. The Hall–Kier alpha value is -3.53. The van der Waals surface area contributed by atoms with Crippen molar-refractivity contribution in [1.29, 1.82) is 0 Å². The Balaban J connectivity index is 1.54. The van der Waals surface area contributed by atoms with E-state index in [1.54, 1.807) is 0 Å². The minimum atomic E-state index is -0.312. The Morgan fingerprint density at radius 3 is 2.38 bits per heavy atom. The third-order valence-electron chi connectivity index (χ3n) is 7.40. The Kier molecular flexibility index (Phi) is 5.17. The second kappa shape index (κ2) is 8.35. The second-order valence-electron chi connectivity index (χ2n) is 9.54. The molecule has 6 rings (SSSR count). The molecule has 3 aromatic heterocycles. The number of hydrogen-bond donors (Lipinski definition) is 0. The van der Waals surface area contributed by atoms with Crippen LogP contribution in [0.2, 0.25) is 0 Å². The van der Waals surface area contributed by atoms with Gasteiger partial charge in [0.2, 0.25) is 5.69 Å². The van der Waals surface area contributed by atoms with Gasteiger partial charge in [-0.25, -0.2) is 8.96 Å². The number of fused-ring (bicyclic) bond motifs is 3. The maximum absolute atomic E-state index is 15.3. The van der Waals surface area contributed by atoms with Gasteiger partial charge >= 0.3 is 0 Å². The van der Waals surface area contributed by atoms with E-state index >= 15 is 4.39 Å². The first-order valence-electron chi connectivity index (χ1n) is 12.2. The monoisotopic (exact) mass is 451 g/mol. The maximum Gasteiger partial charge on any atom is 0.216 e. The number of nitrogens with zero attached hydrogens (tertiary/aromatic N) is 2. The minimum Gasteiger partial charge on any atom is -0.454 e. The minimum absolute atomic E-state index is 0.312. The van der Waals surface area contributed by atoms with Crippen molar-refractivity contribution in [1.82, 2.24) is 4.98 Å². The summed E-state index contributed by atoms with van der Waals surface area (Å²) in [5.74, 6) is 0.257. The number of rotatable bonds is 3. The Bertz CT molecular complexity index is 1510. The van der Waals surface area contributed by atoms with E-state index in [4.69, 9.17) is 9.40 Å². The van der Waals surface area contributed by atoms with Gasteiger partial charge in [-0.2, -0.15) is 0 Å². The van der Waals surface area contributed by atoms with E-state index in [0.29, 0.717) is 22.8 Å². The lowest BCUT2D eigenvalue weighted by atomic mass is 9.85. The van der Waals surface area contributed by atoms with E-state index in [9.17, 15) is 0 Å². The highest BCUT2D eigenvalue weighted by Gasteiger charge is 2.23. The summed E-state index contributed by atoms with van der Waals surface area (Å²) < 4.78 is 23.8. The van der Waals surface area contributed by atoms with Gasteiger partial charge in [-0.3, -0.25) is 4.98 Å². The van der Waals surface area contributed by atoms with Crippen LogP contribution >= 0.6 is 0 Å². The van der Waals surface area contributed by atoms with Crippen molar-refractivity contribution in [2.75, 3.05) is 0 Å². The van der Waals surface area contributed by atoms with Crippen LogP contribution in [0.1, 0.15) is 49.1 Å². The number of furan rings is 1. The number of aryl methyl sites for hydroxylation is 2. The van der Waals surface area contributed by atoms with E-state index in [-0.39, 0.29) is 5.82 Å². The zero-order valence-corrected chi connectivity index (χ0v) is 19.6. The molecule has 0 bridgehead atoms. The molecule has 1 saturated carbocycles. The Labute approximate surface area is 198 Å². The molecule has 0 N–H and O–H groups in total. The van der Waals surface area contributed by atoms with Gasteiger partial charge in [0.05, 0.1) is 16.8 Å². The standard InChI is InChI=1S/C30H28FN2O/c1-19-11-13-22-23-14-15-24(31)28(25-16-12-21(18-32-25)20-8-4-3-5-9-20)30(23)34-29(22)27(19)26-10-6-7-17-33(26)2/h6-7,10-18,20H,3-5,8-9H2,1-2H3/q+1. The molecule has 4 heteroatoms. The average Bonchev–Trinajstić information content (AvgIpc) is 3.24. The number of aromatic nitrogens is 2. The molecule has 2 aromatic carbocycles. The van der Waals surface area contributed by atoms with Crippen molar-refractivity contribution < 1.29 is 13.4 Å². The van der Waals surface area contributed by atoms with Gasteiger partial charge in [-0.1, -0.05) is 37.5 Å². The van der Waals surface area contributed by atoms with E-state index < -0.39 is 0 Å². The van der Waals surface area contributed by atoms with Crippen LogP contribution in [0.4, 0.5) is 4.39 Å². The van der Waals surface area contributed by atoms with Crippen LogP contribution in [0.15, 0.2) is 71.4 Å². The van der Waals surface area contributed by atoms with Crippen molar-refractivity contribution in [2.45, 2.75) is 44.9 Å². The molecular weight excluding hydrogens is 423 g/mol. The molecule has 1 fully saturated rings. The predicted molar refractivity (Wildman–Crippen MR) is 134 cm³/mol. The lowest BCUT2D eigenvalue weighted by molar-refractivity contribution is -0.660. The second-order valence-corrected chi connectivity index (χ2v) is 9.54. The van der Waals surface area contributed by atoms with Crippen molar-refractivity contribution in [3.63, 3.8) is 0 Å². The highest BCUT2D eigenvalue weighted by Crippen LogP contribution is 2.41. The summed E-state index contributed by atoms with van der Waals surface area (Å²) in [6, 6.07) is 17.7. The summed E-state index contributed by atoms with van der Waals surface area (Å²) in [7, 11) is 2.03. The number of halogens is 1. The van der Waals surface area contributed by atoms with Crippen LogP contribution in [0.5, 0.6) is 0 Å². The van der Waals surface area contributed by atoms with Gasteiger partial charge < -0.3 is 4.42 Å². The van der Waals surface area contributed by atoms with Crippen LogP contribution in [0, 0.1) is 12.7 Å². The summed E-state index contributed by atoms with van der Waals surface area (Å²) in [6.45, 7) is 2.09. The average molecular weight is 452 g/mol. The molecule has 0 spiro atoms. The zero-order valence-electron chi connectivity index (χ0n) is 19.6. The zero-order chi connectivity index (χ0) is 23.2. The molecule has 0 atom stereocenters. The van der Waals surface area contributed by atoms with Gasteiger partial charge in [-0.15, -0.1) is 0 Å². The molecule has 170 valence electrons. The Morgan fingerprint density at radius 1 is 0.882 bits per heavy atom. The summed E-state index contributed by atoms with van der Waals surface area (Å²) in [6.07, 6.45) is 10.3. The first-order valence-corrected chi connectivity index (χ1v) is 12.2. The fraction of sp³-hybridized carbons (Fsp3) is 0.267. The van der Waals surface area contributed by atoms with Gasteiger partial charge in [0.1, 0.15) is 24.0 Å². The van der Waals surface area contributed by atoms with Crippen molar-refractivity contribution in [2.24, 2.45) is 7.05 Å². The molecule has 0 radical (unpaired) electrons. The lowest BCUT2D eigenvalue weighted by Gasteiger charge is -2.21. The molecule has 1 aliphatic rings. The summed E-state index contributed by atoms with van der Waals surface area (Å²) >= 11 is 0. The SMILES string of the molecule is Cc1ccc2c(oc3c(-c4ccc(C5CCCCC5)cn4)c(F)ccc32)c1-c1cccc[n+]1C. The van der Waals surface area contributed by atoms with E-state index in [1.165, 1.54) is 43.7 Å². The molecule has 1 aliphatic carbocycles. The van der Waals surface area contributed by atoms with Crippen LogP contribution in [-0.4, -0.2) is 4.98 Å². The molecule has 34 heavy (non-hydrogen) atoms. The van der Waals surface area contributed by atoms with Gasteiger partial charge in [0, 0.05) is 29.1 Å². The van der Waals surface area contributed by atoms with Gasteiger partial charge in [0.25, 0.3) is 0 Å². The van der Waals surface area contributed by atoms with E-state index in [1.807, 2.05) is 43.7 Å². The van der Waals surface area contributed by atoms with Crippen LogP contribution < -0.4 is 4.57 Å². The first kappa shape index (κ1) is 21.0. The maximum atomic E-state index is 15.3. The van der Waals surface area contributed by atoms with Gasteiger partial charge in [0.15, 0.2) is 6.20 Å². The molecule has 0 aliphatic heterocycles. The van der Waals surface area contributed by atoms with Crippen molar-refractivity contribution >= 4 is 21.9 Å². The predicted octanol–water partition coefficient (Wildman–Crippen LogP) is 7.63. The third kappa shape index (κ3) is 3.40. The molecule has 5 aromatic rings. The number of benzene rings is 2. The van der Waals surface area contributed by atoms with Crippen molar-refractivity contribution in [3.05, 3.63) is 83.9 Å². The fourth-order valence-corrected chi connectivity index (χ4v) is 5.55. The first-order chi connectivity index (χ1) is 16.6. The quantitative estimate of drug-likeness (QED) is 0.264. The number of pyridine rings is 2. The van der Waals surface area contributed by atoms with E-state index in [0.717, 1.165) is 33.2 Å². The van der Waals surface area contributed by atoms with Crippen LogP contribution in [0.25, 0.3) is 44.5 Å². The Morgan fingerprint density at radius 2 is 1.65 bits per heavy atom. The highest BCUT2D eigenvalue weighted by molar-refractivity contribution is 6.13. The van der Waals surface area contributed by atoms with Gasteiger partial charge in [-0.05, 0) is 61.1 Å². The summed E-state index contributed by atoms with van der Waals surface area (Å²) in [5, 5.41) is 1.89. The normalized spacial score (nSPS) is 14.8. The van der Waals surface area contributed by atoms with Crippen molar-refractivity contribution in [3.8, 4) is 22.5 Å². The smallest absolute Gasteiger partial charge is 0.216 e. The van der Waals surface area contributed by atoms with Crippen LogP contribution in [-0.2, 0) is 7.05 Å². The molecule has 0 unspecified atom stereocenters.